The zero-order chi connectivity index (χ0) is 11.9. The Morgan fingerprint density at radius 3 is 2.12 bits per heavy atom. The first-order chi connectivity index (χ1) is 7.52. The molecule has 0 spiro atoms. The fraction of sp³-hybridized carbons (Fsp3) is 0.600. The first-order valence-electron chi connectivity index (χ1n) is 6.39. The minimum atomic E-state index is 0.621. The molecule has 0 saturated heterocycles. The van der Waals surface area contributed by atoms with Gasteiger partial charge in [-0.2, -0.15) is 0 Å². The van der Waals surface area contributed by atoms with Crippen molar-refractivity contribution in [1.82, 2.24) is 0 Å². The van der Waals surface area contributed by atoms with Crippen LogP contribution in [0.4, 0.5) is 5.69 Å². The van der Waals surface area contributed by atoms with Crippen LogP contribution in [0.15, 0.2) is 12.1 Å². The third-order valence-corrected chi connectivity index (χ3v) is 3.67. The monoisotopic (exact) mass is 217 g/mol. The summed E-state index contributed by atoms with van der Waals surface area (Å²) in [6, 6.07) is 4.68. The zero-order valence-electron chi connectivity index (χ0n) is 11.2. The van der Waals surface area contributed by atoms with E-state index in [9.17, 15) is 0 Å². The molecule has 0 bridgehead atoms. The van der Waals surface area contributed by atoms with Gasteiger partial charge in [-0.25, -0.2) is 0 Å². The lowest BCUT2D eigenvalue weighted by Crippen LogP contribution is -2.14. The first kappa shape index (κ1) is 11.5. The van der Waals surface area contributed by atoms with Crippen LogP contribution in [0.2, 0.25) is 0 Å². The number of benzene rings is 1. The van der Waals surface area contributed by atoms with Crippen LogP contribution in [0, 0.1) is 0 Å². The molecule has 0 amide bonds. The second-order valence-corrected chi connectivity index (χ2v) is 5.55. The Morgan fingerprint density at radius 2 is 1.56 bits per heavy atom. The fourth-order valence-electron chi connectivity index (χ4n) is 2.78. The van der Waals surface area contributed by atoms with Crippen molar-refractivity contribution in [2.75, 3.05) is 18.5 Å². The van der Waals surface area contributed by atoms with Crippen molar-refractivity contribution >= 4 is 5.69 Å². The fourth-order valence-corrected chi connectivity index (χ4v) is 2.78. The van der Waals surface area contributed by atoms with Crippen LogP contribution in [-0.4, -0.2) is 13.6 Å². The Balaban J connectivity index is 2.59. The van der Waals surface area contributed by atoms with Gasteiger partial charge in [0.05, 0.1) is 0 Å². The summed E-state index contributed by atoms with van der Waals surface area (Å²) in [6.07, 6.45) is 1.22. The lowest BCUT2D eigenvalue weighted by molar-refractivity contribution is 0.836. The van der Waals surface area contributed by atoms with Crippen molar-refractivity contribution in [3.8, 4) is 0 Å². The molecule has 1 heterocycles. The van der Waals surface area contributed by atoms with E-state index in [1.807, 2.05) is 0 Å². The van der Waals surface area contributed by atoms with E-state index < -0.39 is 0 Å². The predicted octanol–water partition coefficient (Wildman–Crippen LogP) is 3.93. The van der Waals surface area contributed by atoms with Crippen LogP contribution >= 0.6 is 0 Å². The van der Waals surface area contributed by atoms with E-state index in [1.54, 1.807) is 11.1 Å². The average Bonchev–Trinajstić information content (AvgIpc) is 2.59. The second-order valence-electron chi connectivity index (χ2n) is 5.55. The molecule has 16 heavy (non-hydrogen) atoms. The molecule has 0 saturated carbocycles. The maximum absolute atomic E-state index is 2.43. The number of likely N-dealkylation sites (N-methyl/N-ethyl adjacent to an activating group) is 1. The molecule has 1 aliphatic rings. The Bertz CT molecular complexity index is 391. The molecule has 1 aromatic carbocycles. The smallest absolute Gasteiger partial charge is 0.0435 e. The first-order valence-corrected chi connectivity index (χ1v) is 6.39. The van der Waals surface area contributed by atoms with Gasteiger partial charge in [0.25, 0.3) is 0 Å². The van der Waals surface area contributed by atoms with Crippen molar-refractivity contribution in [2.24, 2.45) is 0 Å². The highest BCUT2D eigenvalue weighted by atomic mass is 15.1. The summed E-state index contributed by atoms with van der Waals surface area (Å²) in [5, 5.41) is 0. The van der Waals surface area contributed by atoms with Gasteiger partial charge in [0, 0.05) is 19.3 Å². The highest BCUT2D eigenvalue weighted by Crippen LogP contribution is 2.39. The third-order valence-electron chi connectivity index (χ3n) is 3.67. The highest BCUT2D eigenvalue weighted by molar-refractivity contribution is 5.66. The van der Waals surface area contributed by atoms with Crippen LogP contribution in [0.3, 0.4) is 0 Å². The minimum absolute atomic E-state index is 0.621. The van der Waals surface area contributed by atoms with Crippen LogP contribution < -0.4 is 4.90 Å². The molecular weight excluding hydrogens is 194 g/mol. The van der Waals surface area contributed by atoms with Crippen LogP contribution in [0.25, 0.3) is 0 Å². The van der Waals surface area contributed by atoms with Crippen LogP contribution in [-0.2, 0) is 6.42 Å². The van der Waals surface area contributed by atoms with Gasteiger partial charge in [0.2, 0.25) is 0 Å². The topological polar surface area (TPSA) is 3.24 Å². The van der Waals surface area contributed by atoms with Crippen molar-refractivity contribution < 1.29 is 0 Å². The van der Waals surface area contributed by atoms with E-state index in [2.05, 4.69) is 51.8 Å². The normalized spacial score (nSPS) is 15.1. The van der Waals surface area contributed by atoms with E-state index in [-0.39, 0.29) is 0 Å². The minimum Gasteiger partial charge on any atom is -0.374 e. The molecule has 0 aliphatic carbocycles. The van der Waals surface area contributed by atoms with Gasteiger partial charge in [0.1, 0.15) is 0 Å². The summed E-state index contributed by atoms with van der Waals surface area (Å²) < 4.78 is 0. The molecule has 1 aromatic rings. The molecule has 0 N–H and O–H groups in total. The van der Waals surface area contributed by atoms with Gasteiger partial charge >= 0.3 is 0 Å². The van der Waals surface area contributed by atoms with Crippen molar-refractivity contribution in [2.45, 2.75) is 46.0 Å². The maximum Gasteiger partial charge on any atom is 0.0435 e. The van der Waals surface area contributed by atoms with Gasteiger partial charge in [-0.05, 0) is 34.9 Å². The Kier molecular flexibility index (Phi) is 2.96. The standard InChI is InChI=1S/C15H23N/c1-10(2)12-6-7-13(11(3)4)15-14(12)8-9-16(15)5/h6-7,10-11H,8-9H2,1-5H3. The van der Waals surface area contributed by atoms with Gasteiger partial charge < -0.3 is 4.90 Å². The van der Waals surface area contributed by atoms with Gasteiger partial charge in [-0.1, -0.05) is 39.8 Å². The van der Waals surface area contributed by atoms with E-state index >= 15 is 0 Å². The highest BCUT2D eigenvalue weighted by Gasteiger charge is 2.24. The molecular formula is C15H23N. The Morgan fingerprint density at radius 1 is 1.00 bits per heavy atom. The zero-order valence-corrected chi connectivity index (χ0v) is 11.2. The average molecular weight is 217 g/mol. The molecule has 1 nitrogen and oxygen atoms in total. The molecule has 0 atom stereocenters. The maximum atomic E-state index is 2.43. The third kappa shape index (κ3) is 1.73. The predicted molar refractivity (Wildman–Crippen MR) is 71.6 cm³/mol. The molecule has 1 aliphatic heterocycles. The molecule has 0 radical (unpaired) electrons. The summed E-state index contributed by atoms with van der Waals surface area (Å²) in [5.41, 5.74) is 6.17. The van der Waals surface area contributed by atoms with E-state index in [4.69, 9.17) is 0 Å². The lowest BCUT2D eigenvalue weighted by atomic mass is 9.90. The summed E-state index contributed by atoms with van der Waals surface area (Å²) in [6.45, 7) is 10.3. The number of nitrogens with zero attached hydrogens (tertiary/aromatic N) is 1. The molecule has 0 fully saturated rings. The molecule has 0 aromatic heterocycles. The summed E-state index contributed by atoms with van der Waals surface area (Å²) in [4.78, 5) is 2.43. The summed E-state index contributed by atoms with van der Waals surface area (Å²) >= 11 is 0. The Labute approximate surface area is 99.5 Å². The second kappa shape index (κ2) is 4.12. The van der Waals surface area contributed by atoms with Gasteiger partial charge in [0.15, 0.2) is 0 Å². The van der Waals surface area contributed by atoms with Crippen molar-refractivity contribution in [1.29, 1.82) is 0 Å². The lowest BCUT2D eigenvalue weighted by Gasteiger charge is -2.21. The number of fused-ring (bicyclic) bond motifs is 1. The summed E-state index contributed by atoms with van der Waals surface area (Å²) in [5.74, 6) is 1.26. The Hall–Kier alpha value is -0.980. The summed E-state index contributed by atoms with van der Waals surface area (Å²) in [7, 11) is 2.22. The van der Waals surface area contributed by atoms with Crippen molar-refractivity contribution in [3.05, 3.63) is 28.8 Å². The van der Waals surface area contributed by atoms with E-state index in [0.717, 1.165) is 0 Å². The number of hydrogen-bond acceptors (Lipinski definition) is 1. The van der Waals surface area contributed by atoms with Crippen LogP contribution in [0.1, 0.15) is 56.2 Å². The molecule has 1 heteroatoms. The quantitative estimate of drug-likeness (QED) is 0.725. The SMILES string of the molecule is CC(C)c1ccc(C(C)C)c2c1CCN2C. The molecule has 88 valence electrons. The molecule has 0 unspecified atom stereocenters. The van der Waals surface area contributed by atoms with Crippen molar-refractivity contribution in [3.63, 3.8) is 0 Å². The van der Waals surface area contributed by atoms with Crippen LogP contribution in [0.5, 0.6) is 0 Å². The van der Waals surface area contributed by atoms with Gasteiger partial charge in [-0.3, -0.25) is 0 Å². The number of anilines is 1. The largest absolute Gasteiger partial charge is 0.374 e. The van der Waals surface area contributed by atoms with Gasteiger partial charge in [-0.15, -0.1) is 0 Å². The van der Waals surface area contributed by atoms with E-state index in [1.165, 1.54) is 24.2 Å². The molecule has 2 rings (SSSR count). The number of hydrogen-bond donors (Lipinski definition) is 0. The number of rotatable bonds is 2. The van der Waals surface area contributed by atoms with E-state index in [0.29, 0.717) is 11.8 Å².